The lowest BCUT2D eigenvalue weighted by Gasteiger charge is -2.26. The van der Waals surface area contributed by atoms with Crippen LogP contribution in [0.4, 0.5) is 0 Å². The van der Waals surface area contributed by atoms with Gasteiger partial charge in [0, 0.05) is 19.6 Å². The van der Waals surface area contributed by atoms with Crippen molar-refractivity contribution in [1.29, 1.82) is 5.26 Å². The summed E-state index contributed by atoms with van der Waals surface area (Å²) in [5.74, 6) is 0. The SMILES string of the molecule is CCCCNC(=S)N(C)C(C)CC#N. The van der Waals surface area contributed by atoms with Crippen LogP contribution in [-0.2, 0) is 0 Å². The highest BCUT2D eigenvalue weighted by molar-refractivity contribution is 7.80. The average molecular weight is 213 g/mol. The molecule has 0 heterocycles. The number of nitrogens with zero attached hydrogens (tertiary/aromatic N) is 2. The minimum atomic E-state index is 0.182. The fourth-order valence-electron chi connectivity index (χ4n) is 0.966. The summed E-state index contributed by atoms with van der Waals surface area (Å²) in [6.07, 6.45) is 2.79. The van der Waals surface area contributed by atoms with Crippen molar-refractivity contribution in [2.45, 2.75) is 39.2 Å². The highest BCUT2D eigenvalue weighted by Gasteiger charge is 2.10. The van der Waals surface area contributed by atoms with Crippen LogP contribution in [0, 0.1) is 11.3 Å². The fourth-order valence-corrected chi connectivity index (χ4v) is 1.25. The summed E-state index contributed by atoms with van der Waals surface area (Å²) in [5.41, 5.74) is 0. The van der Waals surface area contributed by atoms with Gasteiger partial charge in [-0.1, -0.05) is 13.3 Å². The summed E-state index contributed by atoms with van der Waals surface area (Å²) in [6, 6.07) is 2.32. The molecule has 0 aromatic heterocycles. The summed E-state index contributed by atoms with van der Waals surface area (Å²) in [6.45, 7) is 5.06. The Labute approximate surface area is 92.1 Å². The van der Waals surface area contributed by atoms with E-state index >= 15 is 0 Å². The quantitative estimate of drug-likeness (QED) is 0.559. The number of hydrogen-bond acceptors (Lipinski definition) is 2. The van der Waals surface area contributed by atoms with Gasteiger partial charge in [-0.2, -0.15) is 5.26 Å². The van der Waals surface area contributed by atoms with Crippen molar-refractivity contribution < 1.29 is 0 Å². The van der Waals surface area contributed by atoms with Crippen molar-refractivity contribution in [3.05, 3.63) is 0 Å². The van der Waals surface area contributed by atoms with E-state index in [2.05, 4.69) is 18.3 Å². The summed E-state index contributed by atoms with van der Waals surface area (Å²) in [7, 11) is 1.92. The van der Waals surface area contributed by atoms with Crippen LogP contribution in [0.25, 0.3) is 0 Å². The topological polar surface area (TPSA) is 39.1 Å². The first kappa shape index (κ1) is 13.2. The van der Waals surface area contributed by atoms with E-state index in [4.69, 9.17) is 17.5 Å². The van der Waals surface area contributed by atoms with Crippen LogP contribution in [0.1, 0.15) is 33.1 Å². The van der Waals surface area contributed by atoms with E-state index in [0.29, 0.717) is 6.42 Å². The Morgan fingerprint density at radius 1 is 1.64 bits per heavy atom. The van der Waals surface area contributed by atoms with Crippen LogP contribution < -0.4 is 5.32 Å². The van der Waals surface area contributed by atoms with Gasteiger partial charge < -0.3 is 10.2 Å². The molecule has 0 amide bonds. The molecule has 0 rings (SSSR count). The Bertz CT molecular complexity index is 210. The van der Waals surface area contributed by atoms with Crippen LogP contribution in [-0.4, -0.2) is 29.6 Å². The molecule has 0 saturated carbocycles. The summed E-state index contributed by atoms with van der Waals surface area (Å²) >= 11 is 5.19. The number of nitriles is 1. The molecule has 0 bridgehead atoms. The van der Waals surface area contributed by atoms with E-state index < -0.39 is 0 Å². The molecule has 0 spiro atoms. The maximum Gasteiger partial charge on any atom is 0.168 e. The Morgan fingerprint density at radius 3 is 2.79 bits per heavy atom. The van der Waals surface area contributed by atoms with E-state index in [1.807, 2.05) is 18.9 Å². The van der Waals surface area contributed by atoms with E-state index in [1.165, 1.54) is 0 Å². The van der Waals surface area contributed by atoms with Crippen molar-refractivity contribution in [1.82, 2.24) is 10.2 Å². The number of unbranched alkanes of at least 4 members (excludes halogenated alkanes) is 1. The molecule has 0 aromatic carbocycles. The predicted octanol–water partition coefficient (Wildman–Crippen LogP) is 1.89. The summed E-state index contributed by atoms with van der Waals surface area (Å²) in [4.78, 5) is 1.94. The van der Waals surface area contributed by atoms with Crippen LogP contribution >= 0.6 is 12.2 Å². The van der Waals surface area contributed by atoms with Gasteiger partial charge in [0.25, 0.3) is 0 Å². The number of hydrogen-bond donors (Lipinski definition) is 1. The Balaban J connectivity index is 3.81. The molecule has 0 aliphatic carbocycles. The molecular weight excluding hydrogens is 194 g/mol. The number of thiocarbonyl (C=S) groups is 1. The molecule has 0 saturated heterocycles. The van der Waals surface area contributed by atoms with Crippen LogP contribution in [0.15, 0.2) is 0 Å². The second kappa shape index (κ2) is 7.57. The lowest BCUT2D eigenvalue weighted by molar-refractivity contribution is 0.389. The molecule has 0 fully saturated rings. The predicted molar refractivity (Wildman–Crippen MR) is 63.0 cm³/mol. The van der Waals surface area contributed by atoms with Gasteiger partial charge in [-0.05, 0) is 25.6 Å². The normalized spacial score (nSPS) is 11.6. The molecular formula is C10H19N3S. The molecule has 1 atom stereocenters. The summed E-state index contributed by atoms with van der Waals surface area (Å²) in [5, 5.41) is 12.4. The zero-order valence-electron chi connectivity index (χ0n) is 9.21. The smallest absolute Gasteiger partial charge is 0.168 e. The maximum absolute atomic E-state index is 8.54. The van der Waals surface area contributed by atoms with Gasteiger partial charge in [-0.3, -0.25) is 0 Å². The highest BCUT2D eigenvalue weighted by Crippen LogP contribution is 2.00. The molecule has 1 unspecified atom stereocenters. The highest BCUT2D eigenvalue weighted by atomic mass is 32.1. The van der Waals surface area contributed by atoms with Gasteiger partial charge in [0.1, 0.15) is 0 Å². The Morgan fingerprint density at radius 2 is 2.29 bits per heavy atom. The van der Waals surface area contributed by atoms with Crippen molar-refractivity contribution in [3.8, 4) is 6.07 Å². The third kappa shape index (κ3) is 5.03. The number of rotatable bonds is 5. The van der Waals surface area contributed by atoms with Crippen LogP contribution in [0.2, 0.25) is 0 Å². The first-order valence-electron chi connectivity index (χ1n) is 5.01. The molecule has 4 heteroatoms. The Hall–Kier alpha value is -0.820. The van der Waals surface area contributed by atoms with Crippen molar-refractivity contribution in [2.75, 3.05) is 13.6 Å². The van der Waals surface area contributed by atoms with E-state index in [-0.39, 0.29) is 6.04 Å². The molecule has 0 aliphatic rings. The lowest BCUT2D eigenvalue weighted by atomic mass is 10.2. The monoisotopic (exact) mass is 213 g/mol. The molecule has 0 aromatic rings. The molecule has 14 heavy (non-hydrogen) atoms. The Kier molecular flexibility index (Phi) is 7.13. The van der Waals surface area contributed by atoms with Crippen molar-refractivity contribution in [2.24, 2.45) is 0 Å². The zero-order valence-corrected chi connectivity index (χ0v) is 10.0. The lowest BCUT2D eigenvalue weighted by Crippen LogP contribution is -2.42. The number of nitrogens with one attached hydrogen (secondary N) is 1. The second-order valence-corrected chi connectivity index (χ2v) is 3.79. The van der Waals surface area contributed by atoms with Gasteiger partial charge in [0.2, 0.25) is 0 Å². The molecule has 3 nitrogen and oxygen atoms in total. The molecule has 1 N–H and O–H groups in total. The van der Waals surface area contributed by atoms with Gasteiger partial charge in [0.05, 0.1) is 12.5 Å². The molecule has 0 aliphatic heterocycles. The third-order valence-corrected chi connectivity index (χ3v) is 2.61. The standard InChI is InChI=1S/C10H19N3S/c1-4-5-8-12-10(14)13(3)9(2)6-7-11/h9H,4-6,8H2,1-3H3,(H,12,14). The zero-order chi connectivity index (χ0) is 11.0. The van der Waals surface area contributed by atoms with Gasteiger partial charge in [0.15, 0.2) is 5.11 Å². The van der Waals surface area contributed by atoms with Crippen molar-refractivity contribution >= 4 is 17.3 Å². The first-order chi connectivity index (χ1) is 6.63. The molecule has 80 valence electrons. The molecule has 0 radical (unpaired) electrons. The second-order valence-electron chi connectivity index (χ2n) is 3.41. The van der Waals surface area contributed by atoms with E-state index in [1.54, 1.807) is 0 Å². The maximum atomic E-state index is 8.54. The van der Waals surface area contributed by atoms with Gasteiger partial charge in [-0.15, -0.1) is 0 Å². The van der Waals surface area contributed by atoms with E-state index in [9.17, 15) is 0 Å². The largest absolute Gasteiger partial charge is 0.363 e. The van der Waals surface area contributed by atoms with Gasteiger partial charge >= 0.3 is 0 Å². The van der Waals surface area contributed by atoms with Crippen LogP contribution in [0.3, 0.4) is 0 Å². The third-order valence-electron chi connectivity index (χ3n) is 2.17. The van der Waals surface area contributed by atoms with Crippen molar-refractivity contribution in [3.63, 3.8) is 0 Å². The van der Waals surface area contributed by atoms with Crippen LogP contribution in [0.5, 0.6) is 0 Å². The first-order valence-corrected chi connectivity index (χ1v) is 5.41. The van der Waals surface area contributed by atoms with Gasteiger partial charge in [-0.25, -0.2) is 0 Å². The fraction of sp³-hybridized carbons (Fsp3) is 0.800. The minimum Gasteiger partial charge on any atom is -0.363 e. The van der Waals surface area contributed by atoms with E-state index in [0.717, 1.165) is 24.5 Å². The summed E-state index contributed by atoms with van der Waals surface area (Å²) < 4.78 is 0. The average Bonchev–Trinajstić information content (AvgIpc) is 2.17. The minimum absolute atomic E-state index is 0.182.